The number of anilines is 1. The Balaban J connectivity index is 2.12. The van der Waals surface area contributed by atoms with E-state index in [-0.39, 0.29) is 5.69 Å². The van der Waals surface area contributed by atoms with Crippen LogP contribution in [0.3, 0.4) is 0 Å². The monoisotopic (exact) mass is 270 g/mol. The van der Waals surface area contributed by atoms with Crippen LogP contribution in [0.1, 0.15) is 0 Å². The van der Waals surface area contributed by atoms with Crippen LogP contribution >= 0.6 is 11.6 Å². The topological polar surface area (TPSA) is 61.6 Å². The molecule has 2 rings (SSSR count). The Hall–Kier alpha value is -1.37. The summed E-state index contributed by atoms with van der Waals surface area (Å²) in [6, 6.07) is 4.52. The highest BCUT2D eigenvalue weighted by molar-refractivity contribution is 6.31. The van der Waals surface area contributed by atoms with Crippen LogP contribution in [-0.4, -0.2) is 48.1 Å². The van der Waals surface area contributed by atoms with Gasteiger partial charge in [0.2, 0.25) is 0 Å². The molecule has 0 unspecified atom stereocenters. The molecule has 1 aliphatic heterocycles. The van der Waals surface area contributed by atoms with Crippen molar-refractivity contribution in [2.75, 3.05) is 38.7 Å². The standard InChI is InChI=1S/C11H15ClN4O2/c1-14-4-6-15(7-5-14)13-10-8-9(12)2-3-11(10)16(17)18/h2-3,8,13H,4-7H2,1H3. The zero-order chi connectivity index (χ0) is 13.1. The van der Waals surface area contributed by atoms with Crippen LogP contribution in [0.5, 0.6) is 0 Å². The average Bonchev–Trinajstić information content (AvgIpc) is 2.32. The Bertz CT molecular complexity index is 447. The Morgan fingerprint density at radius 3 is 2.61 bits per heavy atom. The van der Waals surface area contributed by atoms with E-state index in [2.05, 4.69) is 17.4 Å². The molecule has 1 N–H and O–H groups in total. The molecule has 6 nitrogen and oxygen atoms in total. The number of nitrogens with one attached hydrogen (secondary N) is 1. The highest BCUT2D eigenvalue weighted by Crippen LogP contribution is 2.28. The lowest BCUT2D eigenvalue weighted by atomic mass is 10.3. The third-order valence-electron chi connectivity index (χ3n) is 2.94. The molecule has 7 heteroatoms. The molecule has 0 aromatic heterocycles. The molecule has 0 amide bonds. The number of nitrogens with zero attached hydrogens (tertiary/aromatic N) is 3. The van der Waals surface area contributed by atoms with Crippen LogP contribution in [0.2, 0.25) is 5.02 Å². The van der Waals surface area contributed by atoms with E-state index in [1.54, 1.807) is 6.07 Å². The molecular formula is C11H15ClN4O2. The quantitative estimate of drug-likeness (QED) is 0.671. The van der Waals surface area contributed by atoms with E-state index in [0.29, 0.717) is 10.7 Å². The van der Waals surface area contributed by atoms with Crippen molar-refractivity contribution < 1.29 is 4.92 Å². The SMILES string of the molecule is CN1CCN(Nc2cc(Cl)ccc2[N+](=O)[O-])CC1. The van der Waals surface area contributed by atoms with Gasteiger partial charge in [-0.15, -0.1) is 0 Å². The van der Waals surface area contributed by atoms with E-state index in [9.17, 15) is 10.1 Å². The van der Waals surface area contributed by atoms with Crippen molar-refractivity contribution in [3.63, 3.8) is 0 Å². The van der Waals surface area contributed by atoms with Crippen molar-refractivity contribution in [2.24, 2.45) is 0 Å². The summed E-state index contributed by atoms with van der Waals surface area (Å²) in [6.45, 7) is 3.50. The lowest BCUT2D eigenvalue weighted by Crippen LogP contribution is -2.47. The van der Waals surface area contributed by atoms with Gasteiger partial charge in [0.05, 0.1) is 4.92 Å². The maximum absolute atomic E-state index is 10.9. The van der Waals surface area contributed by atoms with Crippen LogP contribution in [0.4, 0.5) is 11.4 Å². The van der Waals surface area contributed by atoms with Crippen molar-refractivity contribution in [3.05, 3.63) is 33.3 Å². The van der Waals surface area contributed by atoms with Gasteiger partial charge in [-0.05, 0) is 19.2 Å². The smallest absolute Gasteiger partial charge is 0.293 e. The molecule has 1 fully saturated rings. The number of hydrazine groups is 1. The Morgan fingerprint density at radius 2 is 2.00 bits per heavy atom. The molecule has 0 radical (unpaired) electrons. The van der Waals surface area contributed by atoms with Crippen molar-refractivity contribution in [1.82, 2.24) is 9.91 Å². The second-order valence-electron chi connectivity index (χ2n) is 4.32. The number of nitro groups is 1. The van der Waals surface area contributed by atoms with E-state index in [1.165, 1.54) is 12.1 Å². The normalized spacial score (nSPS) is 17.7. The highest BCUT2D eigenvalue weighted by atomic mass is 35.5. The van der Waals surface area contributed by atoms with Crippen LogP contribution < -0.4 is 5.43 Å². The molecule has 1 heterocycles. The first-order valence-electron chi connectivity index (χ1n) is 5.70. The fourth-order valence-electron chi connectivity index (χ4n) is 1.85. The predicted octanol–water partition coefficient (Wildman–Crippen LogP) is 1.82. The molecule has 0 atom stereocenters. The first kappa shape index (κ1) is 13.1. The number of rotatable bonds is 3. The van der Waals surface area contributed by atoms with Gasteiger partial charge in [-0.2, -0.15) is 0 Å². The zero-order valence-corrected chi connectivity index (χ0v) is 10.9. The Morgan fingerprint density at radius 1 is 1.33 bits per heavy atom. The zero-order valence-electron chi connectivity index (χ0n) is 10.1. The van der Waals surface area contributed by atoms with E-state index in [1.807, 2.05) is 5.01 Å². The third kappa shape index (κ3) is 3.10. The Labute approximate surface area is 110 Å². The minimum atomic E-state index is -0.408. The number of hydrogen-bond acceptors (Lipinski definition) is 5. The molecule has 0 bridgehead atoms. The lowest BCUT2D eigenvalue weighted by molar-refractivity contribution is -0.384. The van der Waals surface area contributed by atoms with Crippen molar-refractivity contribution >= 4 is 23.0 Å². The summed E-state index contributed by atoms with van der Waals surface area (Å²) in [7, 11) is 2.05. The van der Waals surface area contributed by atoms with Crippen LogP contribution in [0.25, 0.3) is 0 Å². The summed E-state index contributed by atoms with van der Waals surface area (Å²) in [6.07, 6.45) is 0. The predicted molar refractivity (Wildman–Crippen MR) is 70.8 cm³/mol. The summed E-state index contributed by atoms with van der Waals surface area (Å²) in [5.74, 6) is 0. The van der Waals surface area contributed by atoms with E-state index < -0.39 is 4.92 Å². The average molecular weight is 271 g/mol. The first-order valence-corrected chi connectivity index (χ1v) is 6.08. The molecule has 1 saturated heterocycles. The van der Waals surface area contributed by atoms with Crippen LogP contribution in [-0.2, 0) is 0 Å². The molecule has 0 spiro atoms. The second kappa shape index (κ2) is 5.51. The van der Waals surface area contributed by atoms with Crippen molar-refractivity contribution in [2.45, 2.75) is 0 Å². The summed E-state index contributed by atoms with van der Waals surface area (Å²) < 4.78 is 0. The summed E-state index contributed by atoms with van der Waals surface area (Å²) in [4.78, 5) is 12.7. The lowest BCUT2D eigenvalue weighted by Gasteiger charge is -2.32. The summed E-state index contributed by atoms with van der Waals surface area (Å²) in [5, 5.41) is 13.4. The fourth-order valence-corrected chi connectivity index (χ4v) is 2.02. The molecule has 1 aromatic rings. The molecular weight excluding hydrogens is 256 g/mol. The first-order chi connectivity index (χ1) is 8.56. The summed E-state index contributed by atoms with van der Waals surface area (Å²) in [5.41, 5.74) is 3.55. The van der Waals surface area contributed by atoms with Gasteiger partial charge in [0.25, 0.3) is 5.69 Å². The van der Waals surface area contributed by atoms with Gasteiger partial charge in [0.1, 0.15) is 5.69 Å². The van der Waals surface area contributed by atoms with Gasteiger partial charge >= 0.3 is 0 Å². The molecule has 0 aliphatic carbocycles. The van der Waals surface area contributed by atoms with Crippen molar-refractivity contribution in [1.29, 1.82) is 0 Å². The highest BCUT2D eigenvalue weighted by Gasteiger charge is 2.19. The van der Waals surface area contributed by atoms with Crippen LogP contribution in [0, 0.1) is 10.1 Å². The van der Waals surface area contributed by atoms with E-state index >= 15 is 0 Å². The minimum absolute atomic E-state index is 0.0401. The van der Waals surface area contributed by atoms with Gasteiger partial charge in [0.15, 0.2) is 0 Å². The minimum Gasteiger partial charge on any atom is -0.313 e. The van der Waals surface area contributed by atoms with Gasteiger partial charge in [0, 0.05) is 37.3 Å². The maximum Gasteiger partial charge on any atom is 0.293 e. The number of hydrogen-bond donors (Lipinski definition) is 1. The van der Waals surface area contributed by atoms with Gasteiger partial charge in [-0.3, -0.25) is 10.1 Å². The van der Waals surface area contributed by atoms with Gasteiger partial charge in [-0.25, -0.2) is 5.01 Å². The molecule has 0 saturated carbocycles. The van der Waals surface area contributed by atoms with E-state index in [4.69, 9.17) is 11.6 Å². The largest absolute Gasteiger partial charge is 0.313 e. The molecule has 1 aliphatic rings. The fraction of sp³-hybridized carbons (Fsp3) is 0.455. The molecule has 98 valence electrons. The number of piperazine rings is 1. The molecule has 1 aromatic carbocycles. The summed E-state index contributed by atoms with van der Waals surface area (Å²) >= 11 is 5.87. The van der Waals surface area contributed by atoms with Gasteiger partial charge < -0.3 is 10.3 Å². The number of halogens is 1. The van der Waals surface area contributed by atoms with Crippen molar-refractivity contribution in [3.8, 4) is 0 Å². The van der Waals surface area contributed by atoms with Crippen LogP contribution in [0.15, 0.2) is 18.2 Å². The maximum atomic E-state index is 10.9. The van der Waals surface area contributed by atoms with Gasteiger partial charge in [-0.1, -0.05) is 11.6 Å². The third-order valence-corrected chi connectivity index (χ3v) is 3.17. The number of nitro benzene ring substituents is 1. The van der Waals surface area contributed by atoms with E-state index in [0.717, 1.165) is 26.2 Å². The number of likely N-dealkylation sites (N-methyl/N-ethyl adjacent to an activating group) is 1. The molecule has 18 heavy (non-hydrogen) atoms. The second-order valence-corrected chi connectivity index (χ2v) is 4.76. The number of benzene rings is 1. The Kier molecular flexibility index (Phi) is 4.00.